The topological polar surface area (TPSA) is 49.3 Å². The van der Waals surface area contributed by atoms with E-state index in [-0.39, 0.29) is 19.4 Å². The van der Waals surface area contributed by atoms with E-state index in [9.17, 15) is 18.7 Å². The zero-order chi connectivity index (χ0) is 14.6. The maximum absolute atomic E-state index is 13.7. The number of carbonyl (C=O) groups is 1. The van der Waals surface area contributed by atoms with Gasteiger partial charge in [0.2, 0.25) is 0 Å². The molecule has 1 fully saturated rings. The lowest BCUT2D eigenvalue weighted by atomic mass is 9.75. The quantitative estimate of drug-likeness (QED) is 0.870. The summed E-state index contributed by atoms with van der Waals surface area (Å²) in [7, 11) is 0. The van der Waals surface area contributed by atoms with E-state index in [0.29, 0.717) is 6.42 Å². The van der Waals surface area contributed by atoms with Crippen LogP contribution in [0.4, 0.5) is 8.78 Å². The second kappa shape index (κ2) is 5.71. The standard InChI is InChI=1S/C15H17F2NO2/c16-15(17,14(20)9-5-10-14)13(19)18-11-4-8-12-6-2-1-3-7-12/h1-4,6-8,20H,5,9-11H2,(H,18,19)/b8-4+. The summed E-state index contributed by atoms with van der Waals surface area (Å²) in [5, 5.41) is 11.7. The SMILES string of the molecule is O=C(NC/C=C/c1ccccc1)C(F)(F)C1(O)CCC1. The fourth-order valence-electron chi connectivity index (χ4n) is 2.06. The molecule has 0 spiro atoms. The monoisotopic (exact) mass is 281 g/mol. The summed E-state index contributed by atoms with van der Waals surface area (Å²) >= 11 is 0. The average molecular weight is 281 g/mol. The van der Waals surface area contributed by atoms with Crippen molar-refractivity contribution in [3.05, 3.63) is 42.0 Å². The van der Waals surface area contributed by atoms with Gasteiger partial charge in [0.25, 0.3) is 5.91 Å². The molecular weight excluding hydrogens is 264 g/mol. The van der Waals surface area contributed by atoms with Crippen LogP contribution in [0.3, 0.4) is 0 Å². The van der Waals surface area contributed by atoms with Crippen LogP contribution in [-0.4, -0.2) is 29.1 Å². The van der Waals surface area contributed by atoms with Crippen molar-refractivity contribution in [2.24, 2.45) is 0 Å². The van der Waals surface area contributed by atoms with Crippen LogP contribution >= 0.6 is 0 Å². The lowest BCUT2D eigenvalue weighted by molar-refractivity contribution is -0.215. The molecule has 0 saturated heterocycles. The number of hydrogen-bond donors (Lipinski definition) is 2. The molecule has 1 aliphatic rings. The first-order chi connectivity index (χ1) is 9.46. The van der Waals surface area contributed by atoms with E-state index >= 15 is 0 Å². The fourth-order valence-corrected chi connectivity index (χ4v) is 2.06. The molecule has 5 heteroatoms. The highest BCUT2D eigenvalue weighted by Gasteiger charge is 2.60. The van der Waals surface area contributed by atoms with Crippen LogP contribution in [0.25, 0.3) is 6.08 Å². The maximum Gasteiger partial charge on any atom is 0.352 e. The van der Waals surface area contributed by atoms with Crippen LogP contribution in [0.15, 0.2) is 36.4 Å². The van der Waals surface area contributed by atoms with Gasteiger partial charge in [0.15, 0.2) is 0 Å². The molecule has 0 atom stereocenters. The summed E-state index contributed by atoms with van der Waals surface area (Å²) in [5.74, 6) is -5.15. The Balaban J connectivity index is 1.85. The van der Waals surface area contributed by atoms with Gasteiger partial charge >= 0.3 is 5.92 Å². The molecule has 20 heavy (non-hydrogen) atoms. The second-order valence-corrected chi connectivity index (χ2v) is 4.98. The van der Waals surface area contributed by atoms with E-state index in [1.54, 1.807) is 12.2 Å². The van der Waals surface area contributed by atoms with Crippen LogP contribution < -0.4 is 5.32 Å². The van der Waals surface area contributed by atoms with Gasteiger partial charge in [0.05, 0.1) is 0 Å². The highest BCUT2D eigenvalue weighted by molar-refractivity contribution is 5.85. The molecule has 0 heterocycles. The Morgan fingerprint density at radius 2 is 2.00 bits per heavy atom. The van der Waals surface area contributed by atoms with E-state index in [4.69, 9.17) is 0 Å². The molecule has 0 radical (unpaired) electrons. The summed E-state index contributed by atoms with van der Waals surface area (Å²) in [5.41, 5.74) is -1.24. The Bertz CT molecular complexity index is 496. The zero-order valence-electron chi connectivity index (χ0n) is 11.0. The third-order valence-electron chi connectivity index (χ3n) is 3.54. The third kappa shape index (κ3) is 2.88. The van der Waals surface area contributed by atoms with Crippen LogP contribution in [0, 0.1) is 0 Å². The summed E-state index contributed by atoms with van der Waals surface area (Å²) in [6.07, 6.45) is 3.78. The Kier molecular flexibility index (Phi) is 4.18. The van der Waals surface area contributed by atoms with E-state index in [1.165, 1.54) is 0 Å². The molecule has 0 aliphatic heterocycles. The maximum atomic E-state index is 13.7. The Labute approximate surface area is 116 Å². The lowest BCUT2D eigenvalue weighted by Gasteiger charge is -2.41. The van der Waals surface area contributed by atoms with Gasteiger partial charge in [-0.25, -0.2) is 0 Å². The molecule has 0 bridgehead atoms. The number of carbonyl (C=O) groups excluding carboxylic acids is 1. The first-order valence-corrected chi connectivity index (χ1v) is 6.56. The van der Waals surface area contributed by atoms with Gasteiger partial charge in [0.1, 0.15) is 5.60 Å². The van der Waals surface area contributed by atoms with Gasteiger partial charge in [-0.15, -0.1) is 0 Å². The molecule has 1 aromatic carbocycles. The van der Waals surface area contributed by atoms with Crippen molar-refractivity contribution in [2.45, 2.75) is 30.8 Å². The lowest BCUT2D eigenvalue weighted by Crippen LogP contribution is -2.60. The minimum Gasteiger partial charge on any atom is -0.383 e. The van der Waals surface area contributed by atoms with Gasteiger partial charge < -0.3 is 10.4 Å². The Morgan fingerprint density at radius 1 is 1.35 bits per heavy atom. The van der Waals surface area contributed by atoms with E-state index in [2.05, 4.69) is 5.32 Å². The minimum atomic E-state index is -3.73. The first kappa shape index (κ1) is 14.7. The Morgan fingerprint density at radius 3 is 2.55 bits per heavy atom. The molecular formula is C15H17F2NO2. The third-order valence-corrected chi connectivity index (χ3v) is 3.54. The average Bonchev–Trinajstić information content (AvgIpc) is 2.41. The molecule has 0 aromatic heterocycles. The van der Waals surface area contributed by atoms with Gasteiger partial charge in [-0.2, -0.15) is 8.78 Å². The van der Waals surface area contributed by atoms with Crippen molar-refractivity contribution in [3.63, 3.8) is 0 Å². The first-order valence-electron chi connectivity index (χ1n) is 6.56. The van der Waals surface area contributed by atoms with E-state index < -0.39 is 17.4 Å². The number of hydrogen-bond acceptors (Lipinski definition) is 2. The van der Waals surface area contributed by atoms with Crippen molar-refractivity contribution in [2.75, 3.05) is 6.54 Å². The summed E-state index contributed by atoms with van der Waals surface area (Å²) in [6, 6.07) is 9.32. The number of halogens is 2. The highest BCUT2D eigenvalue weighted by atomic mass is 19.3. The summed E-state index contributed by atoms with van der Waals surface area (Å²) in [4.78, 5) is 11.5. The number of rotatable bonds is 5. The van der Waals surface area contributed by atoms with Crippen molar-refractivity contribution in [1.82, 2.24) is 5.32 Å². The van der Waals surface area contributed by atoms with Crippen molar-refractivity contribution >= 4 is 12.0 Å². The Hall–Kier alpha value is -1.75. The van der Waals surface area contributed by atoms with Crippen LogP contribution in [0.2, 0.25) is 0 Å². The molecule has 108 valence electrons. The molecule has 1 aliphatic carbocycles. The predicted octanol–water partition coefficient (Wildman–Crippen LogP) is 2.37. The minimum absolute atomic E-state index is 0.000598. The largest absolute Gasteiger partial charge is 0.383 e. The number of nitrogens with one attached hydrogen (secondary N) is 1. The van der Waals surface area contributed by atoms with Crippen molar-refractivity contribution in [1.29, 1.82) is 0 Å². The number of aliphatic hydroxyl groups is 1. The molecule has 1 saturated carbocycles. The van der Waals surface area contributed by atoms with Gasteiger partial charge in [-0.1, -0.05) is 42.5 Å². The molecule has 3 nitrogen and oxygen atoms in total. The normalized spacial score (nSPS) is 17.8. The molecule has 1 aromatic rings. The number of amides is 1. The van der Waals surface area contributed by atoms with Gasteiger partial charge in [-0.05, 0) is 24.8 Å². The van der Waals surface area contributed by atoms with Crippen molar-refractivity contribution in [3.8, 4) is 0 Å². The zero-order valence-corrected chi connectivity index (χ0v) is 11.0. The summed E-state index contributed by atoms with van der Waals surface area (Å²) < 4.78 is 27.4. The van der Waals surface area contributed by atoms with Gasteiger partial charge in [-0.3, -0.25) is 4.79 Å². The fraction of sp³-hybridized carbons (Fsp3) is 0.400. The van der Waals surface area contributed by atoms with Crippen LogP contribution in [-0.2, 0) is 4.79 Å². The predicted molar refractivity (Wildman–Crippen MR) is 72.2 cm³/mol. The second-order valence-electron chi connectivity index (χ2n) is 4.98. The highest BCUT2D eigenvalue weighted by Crippen LogP contribution is 2.44. The van der Waals surface area contributed by atoms with Gasteiger partial charge in [0, 0.05) is 6.54 Å². The number of benzene rings is 1. The smallest absolute Gasteiger partial charge is 0.352 e. The van der Waals surface area contributed by atoms with Crippen LogP contribution in [0.1, 0.15) is 24.8 Å². The molecule has 0 unspecified atom stereocenters. The van der Waals surface area contributed by atoms with E-state index in [0.717, 1.165) is 5.56 Å². The molecule has 2 rings (SSSR count). The molecule has 2 N–H and O–H groups in total. The number of alkyl halides is 2. The van der Waals surface area contributed by atoms with E-state index in [1.807, 2.05) is 30.3 Å². The van der Waals surface area contributed by atoms with Crippen molar-refractivity contribution < 1.29 is 18.7 Å². The molecule has 1 amide bonds. The summed E-state index contributed by atoms with van der Waals surface area (Å²) in [6.45, 7) is -0.000598. The van der Waals surface area contributed by atoms with Crippen LogP contribution in [0.5, 0.6) is 0 Å².